The zero-order valence-corrected chi connectivity index (χ0v) is 13.2. The zero-order chi connectivity index (χ0) is 15.1. The summed E-state index contributed by atoms with van der Waals surface area (Å²) in [6.07, 6.45) is 3.16. The van der Waals surface area contributed by atoms with Crippen LogP contribution >= 0.6 is 0 Å². The van der Waals surface area contributed by atoms with Crippen molar-refractivity contribution >= 4 is 0 Å². The topological polar surface area (TPSA) is 26.7 Å². The first kappa shape index (κ1) is 16.0. The van der Waals surface area contributed by atoms with Gasteiger partial charge >= 0.3 is 0 Å². The Morgan fingerprint density at radius 2 is 2.05 bits per heavy atom. The minimum atomic E-state index is 0.132. The molecule has 0 aromatic heterocycles. The lowest BCUT2D eigenvalue weighted by Crippen LogP contribution is -2.37. The minimum Gasteiger partial charge on any atom is -0.395 e. The summed E-state index contributed by atoms with van der Waals surface area (Å²) >= 11 is 0. The quantitative estimate of drug-likeness (QED) is 0.838. The van der Waals surface area contributed by atoms with Gasteiger partial charge in [0.05, 0.1) is 6.61 Å². The Kier molecular flexibility index (Phi) is 6.25. The molecule has 1 fully saturated rings. The summed E-state index contributed by atoms with van der Waals surface area (Å²) in [5, 5.41) is 8.72. The van der Waals surface area contributed by atoms with E-state index in [1.165, 1.54) is 24.9 Å². The van der Waals surface area contributed by atoms with E-state index < -0.39 is 0 Å². The molecule has 1 aromatic carbocycles. The van der Waals surface area contributed by atoms with Crippen molar-refractivity contribution in [3.05, 3.63) is 35.4 Å². The molecule has 1 aliphatic rings. The molecule has 1 N–H and O–H groups in total. The summed E-state index contributed by atoms with van der Waals surface area (Å²) in [5.41, 5.74) is 2.38. The molecular formula is C18H26N2O. The molecule has 0 spiro atoms. The maximum Gasteiger partial charge on any atom is 0.0540 e. The van der Waals surface area contributed by atoms with Gasteiger partial charge in [-0.3, -0.25) is 4.90 Å². The molecule has 21 heavy (non-hydrogen) atoms. The third kappa shape index (κ3) is 5.17. The van der Waals surface area contributed by atoms with E-state index in [0.29, 0.717) is 12.5 Å². The molecule has 3 nitrogen and oxygen atoms in total. The van der Waals surface area contributed by atoms with E-state index in [1.54, 1.807) is 0 Å². The predicted molar refractivity (Wildman–Crippen MR) is 87.0 cm³/mol. The molecule has 0 radical (unpaired) electrons. The molecule has 3 heteroatoms. The lowest BCUT2D eigenvalue weighted by atomic mass is 10.1. The molecule has 0 amide bonds. The molecule has 2 rings (SSSR count). The molecule has 1 aromatic rings. The Morgan fingerprint density at radius 3 is 2.71 bits per heavy atom. The van der Waals surface area contributed by atoms with Crippen molar-refractivity contribution in [2.45, 2.75) is 31.8 Å². The van der Waals surface area contributed by atoms with Gasteiger partial charge in [0.1, 0.15) is 0 Å². The molecule has 0 bridgehead atoms. The van der Waals surface area contributed by atoms with Gasteiger partial charge < -0.3 is 10.0 Å². The monoisotopic (exact) mass is 286 g/mol. The average molecular weight is 286 g/mol. The molecule has 1 atom stereocenters. The number of benzene rings is 1. The zero-order valence-electron chi connectivity index (χ0n) is 13.2. The molecule has 0 aliphatic carbocycles. The molecule has 114 valence electrons. The van der Waals surface area contributed by atoms with Gasteiger partial charge in [0.25, 0.3) is 0 Å². The standard InChI is InChI=1S/C18H26N2O/c1-19(2)15-18-7-5-12-20(18)14-17-10-8-16(9-11-17)6-3-4-13-21/h8-11,18,21H,4-5,7,12-15H2,1-2H3. The Balaban J connectivity index is 1.92. The van der Waals surface area contributed by atoms with Crippen LogP contribution in [0, 0.1) is 11.8 Å². The summed E-state index contributed by atoms with van der Waals surface area (Å²) in [7, 11) is 4.30. The number of hydrogen-bond donors (Lipinski definition) is 1. The van der Waals surface area contributed by atoms with Crippen LogP contribution in [-0.4, -0.2) is 54.7 Å². The fourth-order valence-electron chi connectivity index (χ4n) is 2.88. The van der Waals surface area contributed by atoms with Gasteiger partial charge in [0.2, 0.25) is 0 Å². The van der Waals surface area contributed by atoms with Crippen molar-refractivity contribution in [2.24, 2.45) is 0 Å². The number of rotatable bonds is 5. The van der Waals surface area contributed by atoms with Crippen LogP contribution in [-0.2, 0) is 6.54 Å². The normalized spacial score (nSPS) is 18.8. The average Bonchev–Trinajstić information content (AvgIpc) is 2.87. The van der Waals surface area contributed by atoms with Gasteiger partial charge in [0, 0.05) is 31.1 Å². The summed E-state index contributed by atoms with van der Waals surface area (Å²) in [5.74, 6) is 6.03. The number of nitrogens with zero attached hydrogens (tertiary/aromatic N) is 2. The van der Waals surface area contributed by atoms with E-state index in [1.807, 2.05) is 0 Å². The second-order valence-electron chi connectivity index (χ2n) is 6.00. The van der Waals surface area contributed by atoms with Gasteiger partial charge in [-0.05, 0) is 51.2 Å². The number of hydrogen-bond acceptors (Lipinski definition) is 3. The van der Waals surface area contributed by atoms with E-state index >= 15 is 0 Å². The van der Waals surface area contributed by atoms with Crippen LogP contribution in [0.3, 0.4) is 0 Å². The Labute approximate surface area is 128 Å². The smallest absolute Gasteiger partial charge is 0.0540 e. The largest absolute Gasteiger partial charge is 0.395 e. The highest BCUT2D eigenvalue weighted by Gasteiger charge is 2.24. The van der Waals surface area contributed by atoms with Crippen molar-refractivity contribution in [1.29, 1.82) is 0 Å². The molecule has 1 unspecified atom stereocenters. The first-order valence-corrected chi connectivity index (χ1v) is 7.76. The highest BCUT2D eigenvalue weighted by atomic mass is 16.2. The van der Waals surface area contributed by atoms with E-state index in [-0.39, 0.29) is 6.61 Å². The van der Waals surface area contributed by atoms with E-state index in [4.69, 9.17) is 5.11 Å². The third-order valence-electron chi connectivity index (χ3n) is 3.88. The summed E-state index contributed by atoms with van der Waals surface area (Å²) < 4.78 is 0. The number of aliphatic hydroxyl groups is 1. The molecule has 1 heterocycles. The minimum absolute atomic E-state index is 0.132. The van der Waals surface area contributed by atoms with Crippen LogP contribution in [0.5, 0.6) is 0 Å². The van der Waals surface area contributed by atoms with Crippen molar-refractivity contribution < 1.29 is 5.11 Å². The second-order valence-corrected chi connectivity index (χ2v) is 6.00. The van der Waals surface area contributed by atoms with Crippen LogP contribution in [0.1, 0.15) is 30.4 Å². The highest BCUT2D eigenvalue weighted by molar-refractivity contribution is 5.36. The van der Waals surface area contributed by atoms with E-state index in [0.717, 1.165) is 18.7 Å². The van der Waals surface area contributed by atoms with Crippen LogP contribution in [0.4, 0.5) is 0 Å². The Hall–Kier alpha value is -1.34. The maximum atomic E-state index is 8.72. The van der Waals surface area contributed by atoms with Gasteiger partial charge in [-0.15, -0.1) is 0 Å². The molecule has 1 aliphatic heterocycles. The lowest BCUT2D eigenvalue weighted by molar-refractivity contribution is 0.201. The van der Waals surface area contributed by atoms with Gasteiger partial charge in [0.15, 0.2) is 0 Å². The van der Waals surface area contributed by atoms with Crippen molar-refractivity contribution in [3.63, 3.8) is 0 Å². The van der Waals surface area contributed by atoms with E-state index in [2.05, 4.69) is 60.0 Å². The SMILES string of the molecule is CN(C)CC1CCCN1Cc1ccc(C#CCCO)cc1. The van der Waals surface area contributed by atoms with Crippen LogP contribution in [0.25, 0.3) is 0 Å². The number of likely N-dealkylation sites (N-methyl/N-ethyl adjacent to an activating group) is 1. The maximum absolute atomic E-state index is 8.72. The van der Waals surface area contributed by atoms with Crippen LogP contribution in [0.15, 0.2) is 24.3 Å². The fraction of sp³-hybridized carbons (Fsp3) is 0.556. The summed E-state index contributed by atoms with van der Waals surface area (Å²) in [6.45, 7) is 3.51. The lowest BCUT2D eigenvalue weighted by Gasteiger charge is -2.27. The first-order chi connectivity index (χ1) is 10.2. The highest BCUT2D eigenvalue weighted by Crippen LogP contribution is 2.20. The van der Waals surface area contributed by atoms with Crippen LogP contribution < -0.4 is 0 Å². The fourth-order valence-corrected chi connectivity index (χ4v) is 2.88. The summed E-state index contributed by atoms with van der Waals surface area (Å²) in [4.78, 5) is 4.87. The predicted octanol–water partition coefficient (Wildman–Crippen LogP) is 1.95. The first-order valence-electron chi connectivity index (χ1n) is 7.76. The third-order valence-corrected chi connectivity index (χ3v) is 3.88. The van der Waals surface area contributed by atoms with Gasteiger partial charge in [-0.1, -0.05) is 24.0 Å². The molecule has 0 saturated carbocycles. The Morgan fingerprint density at radius 1 is 1.29 bits per heavy atom. The molecule has 1 saturated heterocycles. The molecular weight excluding hydrogens is 260 g/mol. The summed E-state index contributed by atoms with van der Waals surface area (Å²) in [6, 6.07) is 9.19. The van der Waals surface area contributed by atoms with Crippen molar-refractivity contribution in [2.75, 3.05) is 33.8 Å². The van der Waals surface area contributed by atoms with Crippen molar-refractivity contribution in [3.8, 4) is 11.8 Å². The van der Waals surface area contributed by atoms with Crippen LogP contribution in [0.2, 0.25) is 0 Å². The number of likely N-dealkylation sites (tertiary alicyclic amines) is 1. The van der Waals surface area contributed by atoms with Crippen molar-refractivity contribution in [1.82, 2.24) is 9.80 Å². The second kappa shape index (κ2) is 8.19. The van der Waals surface area contributed by atoms with Gasteiger partial charge in [-0.2, -0.15) is 0 Å². The Bertz CT molecular complexity index is 484. The van der Waals surface area contributed by atoms with E-state index in [9.17, 15) is 0 Å². The van der Waals surface area contributed by atoms with Gasteiger partial charge in [-0.25, -0.2) is 0 Å². The number of aliphatic hydroxyl groups excluding tert-OH is 1.